The van der Waals surface area contributed by atoms with E-state index in [0.29, 0.717) is 27.3 Å². The number of hydrogen-bond acceptors (Lipinski definition) is 5. The molecule has 0 saturated carbocycles. The van der Waals surface area contributed by atoms with Gasteiger partial charge in [0.1, 0.15) is 5.75 Å². The van der Waals surface area contributed by atoms with Gasteiger partial charge in [-0.05, 0) is 84.9 Å². The summed E-state index contributed by atoms with van der Waals surface area (Å²) in [7, 11) is 1.65. The molecule has 0 spiro atoms. The van der Waals surface area contributed by atoms with Crippen molar-refractivity contribution in [2.75, 3.05) is 31.6 Å². The van der Waals surface area contributed by atoms with E-state index >= 15 is 0 Å². The summed E-state index contributed by atoms with van der Waals surface area (Å²) in [5.74, 6) is 0.669. The Kier molecular flexibility index (Phi) is 8.08. The van der Waals surface area contributed by atoms with Crippen molar-refractivity contribution in [2.45, 2.75) is 20.8 Å². The fraction of sp³-hybridized carbons (Fsp3) is 0.304. The lowest BCUT2D eigenvalue weighted by atomic mass is 10.1. The van der Waals surface area contributed by atoms with Crippen LogP contribution in [0.1, 0.15) is 26.3 Å². The van der Waals surface area contributed by atoms with E-state index in [2.05, 4.69) is 45.7 Å². The fourth-order valence-corrected chi connectivity index (χ4v) is 4.76. The number of carbonyl (C=O) groups excluding carboxylic acids is 1. The Morgan fingerprint density at radius 2 is 1.94 bits per heavy atom. The molecule has 0 radical (unpaired) electrons. The normalized spacial score (nSPS) is 16.5. The van der Waals surface area contributed by atoms with Crippen molar-refractivity contribution in [1.82, 2.24) is 4.90 Å². The minimum atomic E-state index is -0.0654. The number of thioether (sulfide) groups is 1. The van der Waals surface area contributed by atoms with Gasteiger partial charge in [-0.15, -0.1) is 0 Å². The van der Waals surface area contributed by atoms with Crippen LogP contribution in [0.15, 0.2) is 50.8 Å². The molecular formula is C23H25BrClN3O2S. The second-order valence-corrected chi connectivity index (χ2v) is 9.02. The summed E-state index contributed by atoms with van der Waals surface area (Å²) >= 11 is 10.9. The van der Waals surface area contributed by atoms with Gasteiger partial charge in [0.05, 0.1) is 22.7 Å². The number of anilines is 1. The minimum absolute atomic E-state index is 0.0654. The number of amidine groups is 1. The van der Waals surface area contributed by atoms with Crippen molar-refractivity contribution in [3.8, 4) is 5.75 Å². The van der Waals surface area contributed by atoms with Gasteiger partial charge in [-0.2, -0.15) is 0 Å². The van der Waals surface area contributed by atoms with Gasteiger partial charge >= 0.3 is 0 Å². The summed E-state index contributed by atoms with van der Waals surface area (Å²) in [6, 6.07) is 11.5. The number of methoxy groups -OCH3 is 1. The number of halogens is 2. The molecule has 0 aromatic heterocycles. The number of aliphatic imine (C=N–C) groups is 1. The van der Waals surface area contributed by atoms with E-state index in [1.807, 2.05) is 37.3 Å². The van der Waals surface area contributed by atoms with Gasteiger partial charge in [0.25, 0.3) is 5.91 Å². The maximum Gasteiger partial charge on any atom is 0.266 e. The zero-order valence-electron chi connectivity index (χ0n) is 18.0. The third kappa shape index (κ3) is 5.27. The number of nitrogens with zero attached hydrogens (tertiary/aromatic N) is 3. The largest absolute Gasteiger partial charge is 0.496 e. The molecule has 1 aliphatic heterocycles. The van der Waals surface area contributed by atoms with Gasteiger partial charge in [0, 0.05) is 41.4 Å². The fourth-order valence-electron chi connectivity index (χ4n) is 3.28. The first-order chi connectivity index (χ1) is 14.9. The molecule has 1 heterocycles. The quantitative estimate of drug-likeness (QED) is 0.385. The molecule has 1 amide bonds. The Morgan fingerprint density at radius 3 is 2.55 bits per heavy atom. The first-order valence-electron chi connectivity index (χ1n) is 10.1. The van der Waals surface area contributed by atoms with Crippen LogP contribution in [0.3, 0.4) is 0 Å². The van der Waals surface area contributed by atoms with Crippen LogP contribution in [-0.2, 0) is 4.79 Å². The molecule has 8 heteroatoms. The van der Waals surface area contributed by atoms with Crippen LogP contribution in [0.25, 0.3) is 6.08 Å². The van der Waals surface area contributed by atoms with E-state index in [0.717, 1.165) is 34.6 Å². The third-order valence-electron chi connectivity index (χ3n) is 4.96. The number of ether oxygens (including phenoxy) is 1. The Hall–Kier alpha value is -1.96. The lowest BCUT2D eigenvalue weighted by Gasteiger charge is -2.22. The van der Waals surface area contributed by atoms with E-state index in [9.17, 15) is 4.79 Å². The second kappa shape index (κ2) is 10.6. The maximum atomic E-state index is 13.0. The molecule has 3 rings (SSSR count). The topological polar surface area (TPSA) is 45.1 Å². The van der Waals surface area contributed by atoms with Gasteiger partial charge in [-0.25, -0.2) is 4.99 Å². The SMILES string of the molecule is CCN1C(=O)/C(=C/c2ccc(N(CC)CC)cc2OC)SC1=Nc1ccc(Br)c(Cl)c1. The molecule has 1 aliphatic rings. The van der Waals surface area contributed by atoms with Gasteiger partial charge in [0.2, 0.25) is 0 Å². The van der Waals surface area contributed by atoms with E-state index in [-0.39, 0.29) is 5.91 Å². The van der Waals surface area contributed by atoms with Gasteiger partial charge < -0.3 is 9.64 Å². The summed E-state index contributed by atoms with van der Waals surface area (Å²) in [6.07, 6.45) is 1.87. The summed E-state index contributed by atoms with van der Waals surface area (Å²) in [5, 5.41) is 1.21. The zero-order valence-corrected chi connectivity index (χ0v) is 21.1. The van der Waals surface area contributed by atoms with Crippen LogP contribution in [0.5, 0.6) is 5.75 Å². The van der Waals surface area contributed by atoms with Crippen molar-refractivity contribution in [3.05, 3.63) is 56.4 Å². The lowest BCUT2D eigenvalue weighted by molar-refractivity contribution is -0.122. The highest BCUT2D eigenvalue weighted by Gasteiger charge is 2.32. The Balaban J connectivity index is 1.95. The van der Waals surface area contributed by atoms with E-state index in [1.165, 1.54) is 11.8 Å². The number of amides is 1. The number of rotatable bonds is 7. The van der Waals surface area contributed by atoms with Crippen molar-refractivity contribution in [1.29, 1.82) is 0 Å². The monoisotopic (exact) mass is 521 g/mol. The summed E-state index contributed by atoms with van der Waals surface area (Å²) < 4.78 is 6.42. The van der Waals surface area contributed by atoms with E-state index in [1.54, 1.807) is 18.1 Å². The van der Waals surface area contributed by atoms with Gasteiger partial charge in [-0.1, -0.05) is 11.6 Å². The summed E-state index contributed by atoms with van der Waals surface area (Å²) in [6.45, 7) is 8.55. The van der Waals surface area contributed by atoms with Gasteiger partial charge in [0.15, 0.2) is 5.17 Å². The molecule has 1 fully saturated rings. The predicted molar refractivity (Wildman–Crippen MR) is 136 cm³/mol. The molecule has 0 unspecified atom stereocenters. The molecule has 0 atom stereocenters. The van der Waals surface area contributed by atoms with Crippen LogP contribution in [-0.4, -0.2) is 42.7 Å². The molecule has 2 aromatic rings. The Morgan fingerprint density at radius 1 is 1.19 bits per heavy atom. The number of likely N-dealkylation sites (N-methyl/N-ethyl adjacent to an activating group) is 1. The molecule has 164 valence electrons. The highest BCUT2D eigenvalue weighted by molar-refractivity contribution is 9.10. The Bertz CT molecular complexity index is 1040. The minimum Gasteiger partial charge on any atom is -0.496 e. The maximum absolute atomic E-state index is 13.0. The van der Waals surface area contributed by atoms with E-state index < -0.39 is 0 Å². The highest BCUT2D eigenvalue weighted by atomic mass is 79.9. The molecule has 0 N–H and O–H groups in total. The van der Waals surface area contributed by atoms with E-state index in [4.69, 9.17) is 16.3 Å². The van der Waals surface area contributed by atoms with Crippen molar-refractivity contribution >= 4 is 67.8 Å². The zero-order chi connectivity index (χ0) is 22.5. The van der Waals surface area contributed by atoms with Crippen LogP contribution in [0, 0.1) is 0 Å². The van der Waals surface area contributed by atoms with Crippen LogP contribution >= 0.6 is 39.3 Å². The average molecular weight is 523 g/mol. The number of carbonyl (C=O) groups is 1. The molecule has 5 nitrogen and oxygen atoms in total. The molecule has 0 bridgehead atoms. The predicted octanol–water partition coefficient (Wildman–Crippen LogP) is 6.58. The molecule has 0 aliphatic carbocycles. The standard InChI is InChI=1S/C23H25BrClN3O2S/c1-5-27(6-2)17-10-8-15(20(14-17)30-4)12-21-22(29)28(7-3)23(31-21)26-16-9-11-18(24)19(25)13-16/h8-14H,5-7H2,1-4H3/b21-12-,26-23?. The first kappa shape index (κ1) is 23.7. The second-order valence-electron chi connectivity index (χ2n) is 6.75. The number of benzene rings is 2. The van der Waals surface area contributed by atoms with Crippen LogP contribution < -0.4 is 9.64 Å². The molecule has 31 heavy (non-hydrogen) atoms. The third-order valence-corrected chi connectivity index (χ3v) is 7.20. The molecular weight excluding hydrogens is 498 g/mol. The van der Waals surface area contributed by atoms with Gasteiger partial charge in [-0.3, -0.25) is 9.69 Å². The smallest absolute Gasteiger partial charge is 0.266 e. The summed E-state index contributed by atoms with van der Waals surface area (Å²) in [4.78, 5) is 22.2. The summed E-state index contributed by atoms with van der Waals surface area (Å²) in [5.41, 5.74) is 2.65. The van der Waals surface area contributed by atoms with Crippen LogP contribution in [0.2, 0.25) is 5.02 Å². The molecule has 1 saturated heterocycles. The van der Waals surface area contributed by atoms with Crippen molar-refractivity contribution in [2.24, 2.45) is 4.99 Å². The first-order valence-corrected chi connectivity index (χ1v) is 12.1. The van der Waals surface area contributed by atoms with Crippen molar-refractivity contribution in [3.63, 3.8) is 0 Å². The lowest BCUT2D eigenvalue weighted by Crippen LogP contribution is -2.28. The van der Waals surface area contributed by atoms with Crippen molar-refractivity contribution < 1.29 is 9.53 Å². The average Bonchev–Trinajstić information content (AvgIpc) is 3.06. The number of hydrogen-bond donors (Lipinski definition) is 0. The Labute approximate surface area is 201 Å². The molecule has 2 aromatic carbocycles. The van der Waals surface area contributed by atoms with Crippen LogP contribution in [0.4, 0.5) is 11.4 Å². The highest BCUT2D eigenvalue weighted by Crippen LogP contribution is 2.37.